The van der Waals surface area contributed by atoms with Crippen molar-refractivity contribution in [3.63, 3.8) is 0 Å². The smallest absolute Gasteiger partial charge is 0.266 e. The lowest BCUT2D eigenvalue weighted by Crippen LogP contribution is -2.54. The summed E-state index contributed by atoms with van der Waals surface area (Å²) in [6.07, 6.45) is 3.52. The van der Waals surface area contributed by atoms with Crippen LogP contribution in [0, 0.1) is 0 Å². The Morgan fingerprint density at radius 2 is 1.59 bits per heavy atom. The zero-order valence-electron chi connectivity index (χ0n) is 34.4. The number of piperidine rings is 1. The topological polar surface area (TPSA) is 264 Å². The number of amides is 6. The van der Waals surface area contributed by atoms with Crippen molar-refractivity contribution in [2.75, 3.05) is 44.9 Å². The molecule has 1 unspecified atom stereocenters. The van der Waals surface area contributed by atoms with Gasteiger partial charge < -0.3 is 35.1 Å². The van der Waals surface area contributed by atoms with E-state index in [0.29, 0.717) is 64.9 Å². The van der Waals surface area contributed by atoms with E-state index in [1.807, 2.05) is 5.38 Å². The first-order valence-corrected chi connectivity index (χ1v) is 22.8. The summed E-state index contributed by atoms with van der Waals surface area (Å²) in [5.74, 6) is -2.50. The second kappa shape index (κ2) is 18.8. The molecule has 0 radical (unpaired) electrons. The van der Waals surface area contributed by atoms with Crippen LogP contribution in [0.4, 0.5) is 0 Å². The zero-order chi connectivity index (χ0) is 45.0. The summed E-state index contributed by atoms with van der Waals surface area (Å²) in [7, 11) is 0.0458. The van der Waals surface area contributed by atoms with Gasteiger partial charge >= 0.3 is 0 Å². The van der Waals surface area contributed by atoms with Crippen molar-refractivity contribution in [1.29, 1.82) is 0 Å². The molecule has 3 aliphatic rings. The van der Waals surface area contributed by atoms with Crippen LogP contribution in [0.15, 0.2) is 57.8 Å². The summed E-state index contributed by atoms with van der Waals surface area (Å²) in [5, 5.41) is 10.5. The van der Waals surface area contributed by atoms with Gasteiger partial charge in [-0.3, -0.25) is 48.8 Å². The second-order valence-electron chi connectivity index (χ2n) is 15.2. The molecule has 4 aromatic rings. The van der Waals surface area contributed by atoms with Crippen molar-refractivity contribution in [2.45, 2.75) is 50.6 Å². The third-order valence-electron chi connectivity index (χ3n) is 10.9. The molecule has 6 amide bonds. The summed E-state index contributed by atoms with van der Waals surface area (Å²) in [4.78, 5) is 94.7. The van der Waals surface area contributed by atoms with Crippen molar-refractivity contribution >= 4 is 73.2 Å². The Balaban J connectivity index is 0.861. The molecular weight excluding hydrogens is 859 g/mol. The van der Waals surface area contributed by atoms with Gasteiger partial charge in [-0.25, -0.2) is 8.42 Å². The highest BCUT2D eigenvalue weighted by atomic mass is 32.2. The fourth-order valence-corrected chi connectivity index (χ4v) is 10.0. The molecule has 2 aromatic heterocycles. The summed E-state index contributed by atoms with van der Waals surface area (Å²) in [6.45, 7) is -0.155. The van der Waals surface area contributed by atoms with E-state index in [1.165, 1.54) is 41.2 Å². The van der Waals surface area contributed by atoms with Crippen molar-refractivity contribution in [3.05, 3.63) is 74.3 Å². The van der Waals surface area contributed by atoms with Crippen LogP contribution < -0.4 is 41.5 Å². The number of nitrogens with one attached hydrogen (secondary N) is 3. The number of carbonyl (C=O) groups is 6. The lowest BCUT2D eigenvalue weighted by atomic mass is 10.0. The number of carbonyl (C=O) groups excluding carboxylic acids is 6. The van der Waals surface area contributed by atoms with E-state index < -0.39 is 52.0 Å². The minimum Gasteiger partial charge on any atom is -0.493 e. The van der Waals surface area contributed by atoms with Crippen molar-refractivity contribution in [1.82, 2.24) is 25.4 Å². The number of thiophene rings is 1. The minimum absolute atomic E-state index is 0.0102. The monoisotopic (exact) mass is 903 g/mol. The predicted molar refractivity (Wildman–Crippen MR) is 231 cm³/mol. The second-order valence-corrected chi connectivity index (χ2v) is 18.4. The van der Waals surface area contributed by atoms with E-state index in [9.17, 15) is 42.0 Å². The lowest BCUT2D eigenvalue weighted by Gasteiger charge is -2.27. The first-order chi connectivity index (χ1) is 30.1. The van der Waals surface area contributed by atoms with E-state index in [1.54, 1.807) is 31.4 Å². The van der Waals surface area contributed by atoms with Crippen molar-refractivity contribution < 1.29 is 51.4 Å². The number of fused-ring (bicyclic) bond motifs is 2. The number of aromatic nitrogens is 1. The van der Waals surface area contributed by atoms with Gasteiger partial charge in [0.05, 0.1) is 46.0 Å². The Morgan fingerprint density at radius 1 is 0.905 bits per heavy atom. The van der Waals surface area contributed by atoms with Gasteiger partial charge in [-0.05, 0) is 61.9 Å². The highest BCUT2D eigenvalue weighted by Gasteiger charge is 2.46. The third kappa shape index (κ3) is 9.73. The average molecular weight is 904 g/mol. The molecule has 0 aliphatic carbocycles. The van der Waals surface area contributed by atoms with Gasteiger partial charge in [0.15, 0.2) is 24.7 Å². The number of nitrogens with two attached hydrogens (primary N) is 1. The molecule has 0 saturated carbocycles. The average Bonchev–Trinajstić information content (AvgIpc) is 3.82. The number of imide groups is 2. The van der Waals surface area contributed by atoms with Crippen LogP contribution in [0.1, 0.15) is 64.1 Å². The quantitative estimate of drug-likeness (QED) is 0.0538. The van der Waals surface area contributed by atoms with Crippen LogP contribution in [0.25, 0.3) is 21.9 Å². The first-order valence-electron chi connectivity index (χ1n) is 20.1. The molecular formula is C42H45N7O12S2. The summed E-state index contributed by atoms with van der Waals surface area (Å²) in [6, 6.07) is 8.20. The van der Waals surface area contributed by atoms with E-state index >= 15 is 0 Å². The fraction of sp³-hybridized carbons (Fsp3) is 0.381. The number of amidine groups is 1. The molecule has 3 aliphatic heterocycles. The zero-order valence-corrected chi connectivity index (χ0v) is 36.0. The van der Waals surface area contributed by atoms with Crippen LogP contribution in [0.3, 0.4) is 0 Å². The van der Waals surface area contributed by atoms with Gasteiger partial charge in [-0.2, -0.15) is 0 Å². The molecule has 2 saturated heterocycles. The molecule has 5 heterocycles. The summed E-state index contributed by atoms with van der Waals surface area (Å²) < 4.78 is 42.2. The standard InChI is InChI=1S/C42H45N7O12S2/c1-48-19-26(27-22-62-37(36(27)41(48)55)38(43)46-24-12-16-63(57,58)17-13-24)23-8-10-29(31(18-23)59-2)60-20-33(51)44-14-3-4-15-45-34(52)21-61-30-7-5-6-25-35(30)42(56)49(40(25)54)28-9-11-32(50)47-39(28)53/h5-8,10,18-19,22,24,28H,3-4,9,11-17,20-21H2,1-2H3,(H2,43,46)(H,44,51)(H,45,52)(H,47,50,53). The number of hydrogen-bond acceptors (Lipinski definition) is 14. The first kappa shape index (κ1) is 44.4. The highest BCUT2D eigenvalue weighted by molar-refractivity contribution is 7.91. The Kier molecular flexibility index (Phi) is 13.3. The molecule has 2 aromatic carbocycles. The molecule has 332 valence electrons. The lowest BCUT2D eigenvalue weighted by molar-refractivity contribution is -0.136. The Bertz CT molecular complexity index is 2710. The minimum atomic E-state index is -3.07. The van der Waals surface area contributed by atoms with Gasteiger partial charge in [-0.1, -0.05) is 12.1 Å². The molecule has 19 nitrogen and oxygen atoms in total. The number of aryl methyl sites for hydroxylation is 1. The SMILES string of the molecule is COc1cc(-c2cn(C)c(=O)c3c(C(N)=NC4CCS(=O)(=O)CC4)scc23)ccc1OCC(=O)NCCCCNC(=O)COc1cccc2c1C(=O)N(C1CCC(=O)NC1=O)C2=O. The number of ether oxygens (including phenoxy) is 3. The van der Waals surface area contributed by atoms with E-state index in [0.717, 1.165) is 10.5 Å². The third-order valence-corrected chi connectivity index (χ3v) is 13.6. The number of rotatable bonds is 16. The Morgan fingerprint density at radius 3 is 2.25 bits per heavy atom. The fourth-order valence-electron chi connectivity index (χ4n) is 7.60. The van der Waals surface area contributed by atoms with Crippen molar-refractivity contribution in [2.24, 2.45) is 17.8 Å². The highest BCUT2D eigenvalue weighted by Crippen LogP contribution is 2.38. The number of sulfone groups is 1. The Labute approximate surface area is 364 Å². The van der Waals surface area contributed by atoms with Gasteiger partial charge in [0, 0.05) is 49.1 Å². The van der Waals surface area contributed by atoms with Gasteiger partial charge in [0.1, 0.15) is 27.5 Å². The van der Waals surface area contributed by atoms with Gasteiger partial charge in [-0.15, -0.1) is 11.3 Å². The molecule has 63 heavy (non-hydrogen) atoms. The van der Waals surface area contributed by atoms with Crippen molar-refractivity contribution in [3.8, 4) is 28.4 Å². The molecule has 7 rings (SSSR count). The van der Waals surface area contributed by atoms with Crippen LogP contribution in [-0.4, -0.2) is 116 Å². The van der Waals surface area contributed by atoms with E-state index in [4.69, 9.17) is 19.9 Å². The van der Waals surface area contributed by atoms with Gasteiger partial charge in [0.2, 0.25) is 11.8 Å². The molecule has 0 bridgehead atoms. The van der Waals surface area contributed by atoms with E-state index in [2.05, 4.69) is 20.9 Å². The number of benzene rings is 2. The largest absolute Gasteiger partial charge is 0.493 e. The molecule has 5 N–H and O–H groups in total. The maximum absolute atomic E-state index is 13.4. The summed E-state index contributed by atoms with van der Waals surface area (Å²) >= 11 is 1.29. The molecule has 1 atom stereocenters. The summed E-state index contributed by atoms with van der Waals surface area (Å²) in [5.41, 5.74) is 7.58. The molecule has 2 fully saturated rings. The van der Waals surface area contributed by atoms with Crippen LogP contribution in [0.2, 0.25) is 0 Å². The molecule has 21 heteroatoms. The normalized spacial score (nSPS) is 17.7. The number of methoxy groups -OCH3 is 1. The maximum atomic E-state index is 13.4. The van der Waals surface area contributed by atoms with Crippen LogP contribution in [0.5, 0.6) is 17.2 Å². The number of pyridine rings is 1. The maximum Gasteiger partial charge on any atom is 0.266 e. The number of aliphatic imine (C=N–C) groups is 1. The van der Waals surface area contributed by atoms with Crippen LogP contribution in [-0.2, 0) is 36.1 Å². The number of unbranched alkanes of at least 4 members (excludes halogenated alkanes) is 1. The molecule has 0 spiro atoms. The number of hydrogen-bond donors (Lipinski definition) is 4. The predicted octanol–water partition coefficient (Wildman–Crippen LogP) is 1.43. The number of nitrogens with zero attached hydrogens (tertiary/aromatic N) is 3. The van der Waals surface area contributed by atoms with Crippen LogP contribution >= 0.6 is 11.3 Å². The Hall–Kier alpha value is -6.61. The van der Waals surface area contributed by atoms with Gasteiger partial charge in [0.25, 0.3) is 29.2 Å². The van der Waals surface area contributed by atoms with E-state index in [-0.39, 0.29) is 77.7 Å².